The zero-order chi connectivity index (χ0) is 16.9. The molecule has 5 nitrogen and oxygen atoms in total. The molecule has 24 heavy (non-hydrogen) atoms. The molecule has 3 fully saturated rings. The molecule has 1 saturated carbocycles. The van der Waals surface area contributed by atoms with Gasteiger partial charge < -0.3 is 14.5 Å². The Bertz CT molecular complexity index is 442. The molecule has 2 heterocycles. The van der Waals surface area contributed by atoms with Crippen molar-refractivity contribution in [2.45, 2.75) is 76.8 Å². The van der Waals surface area contributed by atoms with E-state index in [1.807, 2.05) is 4.90 Å². The number of hydrogen-bond donors (Lipinski definition) is 0. The van der Waals surface area contributed by atoms with Gasteiger partial charge in [0.25, 0.3) is 0 Å². The summed E-state index contributed by atoms with van der Waals surface area (Å²) in [4.78, 5) is 28.9. The minimum Gasteiger partial charge on any atom is -0.381 e. The second-order valence-corrected chi connectivity index (χ2v) is 7.76. The van der Waals surface area contributed by atoms with Gasteiger partial charge in [-0.25, -0.2) is 0 Å². The predicted molar refractivity (Wildman–Crippen MR) is 92.5 cm³/mol. The molecule has 1 atom stereocenters. The third kappa shape index (κ3) is 4.29. The Morgan fingerprint density at radius 3 is 2.38 bits per heavy atom. The standard InChI is InChI=1S/C19H32N2O3/c1-15(22)21(17-8-11-24-12-9-17)18-7-10-20(14-18)19(23)13-16-5-3-2-4-6-16/h16-18H,2-14H2,1H3. The van der Waals surface area contributed by atoms with Gasteiger partial charge in [-0.3, -0.25) is 9.59 Å². The van der Waals surface area contributed by atoms with Crippen LogP contribution in [0.5, 0.6) is 0 Å². The fourth-order valence-electron chi connectivity index (χ4n) is 4.74. The van der Waals surface area contributed by atoms with Crippen LogP contribution < -0.4 is 0 Å². The van der Waals surface area contributed by atoms with Gasteiger partial charge in [-0.1, -0.05) is 19.3 Å². The minimum absolute atomic E-state index is 0.147. The number of rotatable bonds is 4. The average Bonchev–Trinajstić information content (AvgIpc) is 3.06. The normalized spacial score (nSPS) is 26.5. The zero-order valence-electron chi connectivity index (χ0n) is 15.0. The second kappa shape index (κ2) is 8.32. The van der Waals surface area contributed by atoms with Crippen molar-refractivity contribution in [1.29, 1.82) is 0 Å². The highest BCUT2D eigenvalue weighted by molar-refractivity contribution is 5.77. The van der Waals surface area contributed by atoms with Crippen molar-refractivity contribution >= 4 is 11.8 Å². The van der Waals surface area contributed by atoms with Crippen LogP contribution >= 0.6 is 0 Å². The van der Waals surface area contributed by atoms with E-state index in [9.17, 15) is 9.59 Å². The number of hydrogen-bond acceptors (Lipinski definition) is 3. The van der Waals surface area contributed by atoms with E-state index in [0.717, 1.165) is 45.6 Å². The summed E-state index contributed by atoms with van der Waals surface area (Å²) in [6.45, 7) is 4.69. The highest BCUT2D eigenvalue weighted by Crippen LogP contribution is 2.29. The Labute approximate surface area is 145 Å². The van der Waals surface area contributed by atoms with E-state index in [0.29, 0.717) is 18.2 Å². The number of likely N-dealkylation sites (tertiary alicyclic amines) is 1. The SMILES string of the molecule is CC(=O)N(C1CCOCC1)C1CCN(C(=O)CC2CCCCC2)C1. The molecular weight excluding hydrogens is 304 g/mol. The summed E-state index contributed by atoms with van der Waals surface area (Å²) < 4.78 is 5.43. The van der Waals surface area contributed by atoms with Gasteiger partial charge in [0.1, 0.15) is 0 Å². The van der Waals surface area contributed by atoms with Crippen LogP contribution in [-0.4, -0.2) is 60.0 Å². The van der Waals surface area contributed by atoms with Crippen molar-refractivity contribution < 1.29 is 14.3 Å². The van der Waals surface area contributed by atoms with Gasteiger partial charge in [0.2, 0.25) is 11.8 Å². The Morgan fingerprint density at radius 2 is 1.71 bits per heavy atom. The van der Waals surface area contributed by atoms with E-state index in [4.69, 9.17) is 4.74 Å². The molecule has 0 aromatic heterocycles. The Morgan fingerprint density at radius 1 is 1.00 bits per heavy atom. The molecule has 0 spiro atoms. The molecule has 1 unspecified atom stereocenters. The molecule has 3 aliphatic rings. The molecule has 3 rings (SSSR count). The monoisotopic (exact) mass is 336 g/mol. The third-order valence-corrected chi connectivity index (χ3v) is 6.05. The van der Waals surface area contributed by atoms with Crippen LogP contribution in [0.4, 0.5) is 0 Å². The number of nitrogens with zero attached hydrogens (tertiary/aromatic N) is 2. The number of ether oxygens (including phenoxy) is 1. The van der Waals surface area contributed by atoms with Gasteiger partial charge in [-0.05, 0) is 38.0 Å². The van der Waals surface area contributed by atoms with Crippen molar-refractivity contribution in [2.24, 2.45) is 5.92 Å². The highest BCUT2D eigenvalue weighted by Gasteiger charge is 2.36. The largest absolute Gasteiger partial charge is 0.381 e. The van der Waals surface area contributed by atoms with Gasteiger partial charge in [-0.15, -0.1) is 0 Å². The van der Waals surface area contributed by atoms with Gasteiger partial charge in [0.15, 0.2) is 0 Å². The first-order valence-corrected chi connectivity index (χ1v) is 9.79. The van der Waals surface area contributed by atoms with E-state index in [1.54, 1.807) is 6.92 Å². The average molecular weight is 336 g/mol. The van der Waals surface area contributed by atoms with Gasteiger partial charge in [0.05, 0.1) is 6.04 Å². The van der Waals surface area contributed by atoms with Crippen molar-refractivity contribution in [3.63, 3.8) is 0 Å². The maximum Gasteiger partial charge on any atom is 0.222 e. The lowest BCUT2D eigenvalue weighted by Crippen LogP contribution is -2.49. The van der Waals surface area contributed by atoms with Crippen molar-refractivity contribution in [3.05, 3.63) is 0 Å². The molecule has 5 heteroatoms. The summed E-state index contributed by atoms with van der Waals surface area (Å²) in [5, 5.41) is 0. The van der Waals surface area contributed by atoms with Crippen molar-refractivity contribution in [2.75, 3.05) is 26.3 Å². The van der Waals surface area contributed by atoms with Gasteiger partial charge >= 0.3 is 0 Å². The summed E-state index contributed by atoms with van der Waals surface area (Å²) in [5.41, 5.74) is 0. The Kier molecular flexibility index (Phi) is 6.14. The summed E-state index contributed by atoms with van der Waals surface area (Å²) >= 11 is 0. The molecule has 136 valence electrons. The van der Waals surface area contributed by atoms with E-state index in [2.05, 4.69) is 4.90 Å². The molecule has 1 aliphatic carbocycles. The van der Waals surface area contributed by atoms with Crippen LogP contribution in [0.3, 0.4) is 0 Å². The van der Waals surface area contributed by atoms with E-state index in [-0.39, 0.29) is 18.0 Å². The Hall–Kier alpha value is -1.10. The maximum atomic E-state index is 12.6. The van der Waals surface area contributed by atoms with E-state index >= 15 is 0 Å². The summed E-state index contributed by atoms with van der Waals surface area (Å²) in [5.74, 6) is 1.04. The first kappa shape index (κ1) is 17.7. The summed E-state index contributed by atoms with van der Waals surface area (Å²) in [6.07, 6.45) is 9.80. The Balaban J connectivity index is 1.54. The van der Waals surface area contributed by atoms with Crippen molar-refractivity contribution in [3.8, 4) is 0 Å². The molecule has 0 radical (unpaired) electrons. The van der Waals surface area contributed by atoms with E-state index in [1.165, 1.54) is 32.1 Å². The number of carbonyl (C=O) groups is 2. The molecular formula is C19H32N2O3. The fraction of sp³-hybridized carbons (Fsp3) is 0.895. The van der Waals surface area contributed by atoms with Crippen molar-refractivity contribution in [1.82, 2.24) is 9.80 Å². The topological polar surface area (TPSA) is 49.9 Å². The van der Waals surface area contributed by atoms with E-state index < -0.39 is 0 Å². The van der Waals surface area contributed by atoms with Crippen LogP contribution in [-0.2, 0) is 14.3 Å². The smallest absolute Gasteiger partial charge is 0.222 e. The van der Waals surface area contributed by atoms with Crippen LogP contribution in [0.1, 0.15) is 64.7 Å². The number of amides is 2. The maximum absolute atomic E-state index is 12.6. The zero-order valence-corrected chi connectivity index (χ0v) is 15.0. The lowest BCUT2D eigenvalue weighted by Gasteiger charge is -2.38. The van der Waals surface area contributed by atoms with Gasteiger partial charge in [0, 0.05) is 45.7 Å². The molecule has 2 amide bonds. The lowest BCUT2D eigenvalue weighted by molar-refractivity contribution is -0.137. The van der Waals surface area contributed by atoms with Crippen LogP contribution in [0, 0.1) is 5.92 Å². The van der Waals surface area contributed by atoms with Crippen LogP contribution in [0.2, 0.25) is 0 Å². The van der Waals surface area contributed by atoms with Crippen LogP contribution in [0.15, 0.2) is 0 Å². The second-order valence-electron chi connectivity index (χ2n) is 7.76. The molecule has 2 aliphatic heterocycles. The first-order valence-electron chi connectivity index (χ1n) is 9.79. The predicted octanol–water partition coefficient (Wildman–Crippen LogP) is 2.59. The van der Waals surface area contributed by atoms with Crippen LogP contribution in [0.25, 0.3) is 0 Å². The minimum atomic E-state index is 0.147. The fourth-order valence-corrected chi connectivity index (χ4v) is 4.74. The first-order chi connectivity index (χ1) is 11.6. The number of carbonyl (C=O) groups excluding carboxylic acids is 2. The molecule has 0 aromatic carbocycles. The summed E-state index contributed by atoms with van der Waals surface area (Å²) in [6, 6.07) is 0.482. The molecule has 0 N–H and O–H groups in total. The molecule has 0 aromatic rings. The molecule has 0 bridgehead atoms. The lowest BCUT2D eigenvalue weighted by atomic mass is 9.87. The highest BCUT2D eigenvalue weighted by atomic mass is 16.5. The quantitative estimate of drug-likeness (QED) is 0.793. The third-order valence-electron chi connectivity index (χ3n) is 6.05. The molecule has 2 saturated heterocycles. The summed E-state index contributed by atoms with van der Waals surface area (Å²) in [7, 11) is 0. The van der Waals surface area contributed by atoms with Gasteiger partial charge in [-0.2, -0.15) is 0 Å².